The summed E-state index contributed by atoms with van der Waals surface area (Å²) in [5, 5.41) is 25.7. The number of rotatable bonds is 13. The number of nitrogens with zero attached hydrogens (tertiary/aromatic N) is 1. The highest BCUT2D eigenvalue weighted by molar-refractivity contribution is 5.98. The lowest BCUT2D eigenvalue weighted by molar-refractivity contribution is -0.142. The van der Waals surface area contributed by atoms with Crippen molar-refractivity contribution in [2.24, 2.45) is 5.73 Å². The van der Waals surface area contributed by atoms with E-state index in [1.807, 2.05) is 66.7 Å². The predicted molar refractivity (Wildman–Crippen MR) is 238 cm³/mol. The van der Waals surface area contributed by atoms with Gasteiger partial charge in [-0.1, -0.05) is 109 Å². The zero-order chi connectivity index (χ0) is 44.7. The Kier molecular flexibility index (Phi) is 16.2. The number of hydrogen-bond donors (Lipinski definition) is 8. The minimum Gasteiger partial charge on any atom is -0.391 e. The van der Waals surface area contributed by atoms with E-state index in [1.165, 1.54) is 11.8 Å². The first-order valence-corrected chi connectivity index (χ1v) is 21.3. The maximum absolute atomic E-state index is 14.8. The summed E-state index contributed by atoms with van der Waals surface area (Å²) in [6.45, 7) is 1.12. The number of benzene rings is 4. The third-order valence-electron chi connectivity index (χ3n) is 11.1. The van der Waals surface area contributed by atoms with Crippen LogP contribution in [-0.4, -0.2) is 99.8 Å². The number of carbonyl (C=O) groups is 6. The monoisotopic (exact) mass is 856 g/mol. The average molecular weight is 857 g/mol. The topological polar surface area (TPSA) is 228 Å². The van der Waals surface area contributed by atoms with Crippen molar-refractivity contribution in [3.05, 3.63) is 144 Å². The first kappa shape index (κ1) is 45.7. The summed E-state index contributed by atoms with van der Waals surface area (Å²) in [4.78, 5) is 90.9. The van der Waals surface area contributed by atoms with Crippen LogP contribution < -0.4 is 32.3 Å². The SMILES string of the molecule is C[C@@H](O)[C@@H]1NC(=O)[C@H](CCCCN)NC(=O)[C@H](Cc2c[nH]c3ccccc23)NC(=O)[C@H](Cc2ccccc2)NC(=O)CN(Cc2ccccc2)C(=O)[C@H](Cc2ccccc2)NC1=O. The van der Waals surface area contributed by atoms with Crippen LogP contribution in [0.4, 0.5) is 0 Å². The van der Waals surface area contributed by atoms with Crippen LogP contribution in [0.15, 0.2) is 121 Å². The van der Waals surface area contributed by atoms with Gasteiger partial charge in [-0.05, 0) is 61.1 Å². The van der Waals surface area contributed by atoms with Gasteiger partial charge in [-0.2, -0.15) is 0 Å². The van der Waals surface area contributed by atoms with Crippen molar-refractivity contribution in [3.63, 3.8) is 0 Å². The molecule has 0 spiro atoms. The predicted octanol–water partition coefficient (Wildman–Crippen LogP) is 2.17. The van der Waals surface area contributed by atoms with Gasteiger partial charge in [-0.3, -0.25) is 28.8 Å². The summed E-state index contributed by atoms with van der Waals surface area (Å²) >= 11 is 0. The zero-order valence-corrected chi connectivity index (χ0v) is 35.3. The molecule has 0 aliphatic carbocycles. The van der Waals surface area contributed by atoms with E-state index in [-0.39, 0.29) is 32.2 Å². The van der Waals surface area contributed by atoms with E-state index in [1.54, 1.807) is 54.7 Å². The second kappa shape index (κ2) is 22.3. The molecule has 0 saturated carbocycles. The van der Waals surface area contributed by atoms with Crippen LogP contribution >= 0.6 is 0 Å². The Labute approximate surface area is 366 Å². The number of aromatic nitrogens is 1. The van der Waals surface area contributed by atoms with Crippen LogP contribution in [0.1, 0.15) is 48.4 Å². The molecule has 15 heteroatoms. The first-order valence-electron chi connectivity index (χ1n) is 21.3. The van der Waals surface area contributed by atoms with Crippen LogP contribution in [0.3, 0.4) is 0 Å². The Morgan fingerprint density at radius 1 is 0.603 bits per heavy atom. The fourth-order valence-electron chi connectivity index (χ4n) is 7.71. The van der Waals surface area contributed by atoms with E-state index in [2.05, 4.69) is 31.6 Å². The molecule has 9 N–H and O–H groups in total. The van der Waals surface area contributed by atoms with Gasteiger partial charge in [0.15, 0.2) is 0 Å². The highest BCUT2D eigenvalue weighted by Gasteiger charge is 2.36. The standard InChI is InChI=1S/C48H56N8O7/c1-31(57)43-47(62)54-41(26-33-17-7-3-8-18-33)48(63)56(29-34-19-9-4-10-20-34)30-42(58)51-39(25-32-15-5-2-6-16-32)45(60)53-40(27-35-28-50-37-22-12-11-21-36(35)37)46(61)52-38(44(59)55-43)23-13-14-24-49/h2-12,15-22,28,31,38-41,43,50,57H,13-14,23-27,29-30,49H2,1H3,(H,51,58)(H,52,61)(H,53,60)(H,54,62)(H,55,59)/t31-,38+,39+,40+,41+,43+/m1/s1. The van der Waals surface area contributed by atoms with Gasteiger partial charge in [-0.25, -0.2) is 0 Å². The van der Waals surface area contributed by atoms with Crippen LogP contribution in [-0.2, 0) is 54.6 Å². The molecule has 0 radical (unpaired) electrons. The van der Waals surface area contributed by atoms with Gasteiger partial charge in [0.1, 0.15) is 30.2 Å². The molecular weight excluding hydrogens is 801 g/mol. The molecule has 0 unspecified atom stereocenters. The summed E-state index contributed by atoms with van der Waals surface area (Å²) in [6, 6.07) is 28.1. The molecular formula is C48H56N8O7. The maximum Gasteiger partial charge on any atom is 0.246 e. The maximum atomic E-state index is 14.8. The number of para-hydroxylation sites is 1. The van der Waals surface area contributed by atoms with E-state index in [4.69, 9.17) is 5.73 Å². The Morgan fingerprint density at radius 3 is 1.75 bits per heavy atom. The Hall–Kier alpha value is -6.84. The van der Waals surface area contributed by atoms with Crippen molar-refractivity contribution in [1.29, 1.82) is 0 Å². The number of fused-ring (bicyclic) bond motifs is 1. The van der Waals surface area contributed by atoms with Crippen molar-refractivity contribution in [1.82, 2.24) is 36.5 Å². The van der Waals surface area contributed by atoms with Gasteiger partial charge in [-0.15, -0.1) is 0 Å². The van der Waals surface area contributed by atoms with Gasteiger partial charge >= 0.3 is 0 Å². The molecule has 15 nitrogen and oxygen atoms in total. The van der Waals surface area contributed by atoms with Gasteiger partial charge in [0.25, 0.3) is 0 Å². The van der Waals surface area contributed by atoms with Gasteiger partial charge in [0.2, 0.25) is 35.4 Å². The van der Waals surface area contributed by atoms with Crippen LogP contribution in [0.25, 0.3) is 10.9 Å². The lowest BCUT2D eigenvalue weighted by Gasteiger charge is -2.31. The molecule has 6 amide bonds. The lowest BCUT2D eigenvalue weighted by Crippen LogP contribution is -2.62. The van der Waals surface area contributed by atoms with Crippen molar-refractivity contribution in [3.8, 4) is 0 Å². The Balaban J connectivity index is 1.42. The van der Waals surface area contributed by atoms with E-state index in [9.17, 15) is 33.9 Å². The summed E-state index contributed by atoms with van der Waals surface area (Å²) in [5.74, 6) is -4.23. The van der Waals surface area contributed by atoms with Crippen molar-refractivity contribution in [2.75, 3.05) is 13.1 Å². The fourth-order valence-corrected chi connectivity index (χ4v) is 7.71. The van der Waals surface area contributed by atoms with Crippen molar-refractivity contribution in [2.45, 2.75) is 88.3 Å². The Bertz CT molecular complexity index is 2320. The molecule has 1 aliphatic heterocycles. The first-order chi connectivity index (χ1) is 30.5. The molecule has 1 aliphatic rings. The third kappa shape index (κ3) is 12.8. The highest BCUT2D eigenvalue weighted by Crippen LogP contribution is 2.20. The number of unbranched alkanes of at least 4 members (excludes halogenated alkanes) is 1. The van der Waals surface area contributed by atoms with E-state index in [0.29, 0.717) is 36.1 Å². The van der Waals surface area contributed by atoms with E-state index in [0.717, 1.165) is 16.5 Å². The fraction of sp³-hybridized carbons (Fsp3) is 0.333. The van der Waals surface area contributed by atoms with Gasteiger partial charge < -0.3 is 47.3 Å². The molecule has 6 atom stereocenters. The molecule has 1 fully saturated rings. The normalized spacial score (nSPS) is 21.3. The molecule has 330 valence electrons. The highest BCUT2D eigenvalue weighted by atomic mass is 16.3. The minimum absolute atomic E-state index is 0.00555. The summed E-state index contributed by atoms with van der Waals surface area (Å²) in [5.41, 5.74) is 9.45. The number of H-pyrrole nitrogens is 1. The molecule has 6 rings (SSSR count). The second-order valence-corrected chi connectivity index (χ2v) is 15.9. The molecule has 5 aromatic rings. The molecule has 63 heavy (non-hydrogen) atoms. The number of nitrogens with two attached hydrogens (primary N) is 1. The van der Waals surface area contributed by atoms with Crippen molar-refractivity contribution < 1.29 is 33.9 Å². The summed E-state index contributed by atoms with van der Waals surface area (Å²) in [6.07, 6.45) is 1.44. The minimum atomic E-state index is -1.55. The van der Waals surface area contributed by atoms with Gasteiger partial charge in [0.05, 0.1) is 12.6 Å². The lowest BCUT2D eigenvalue weighted by atomic mass is 10.0. The summed E-state index contributed by atoms with van der Waals surface area (Å²) in [7, 11) is 0. The second-order valence-electron chi connectivity index (χ2n) is 15.9. The molecule has 0 bridgehead atoms. The van der Waals surface area contributed by atoms with Crippen LogP contribution in [0.2, 0.25) is 0 Å². The van der Waals surface area contributed by atoms with Crippen molar-refractivity contribution >= 4 is 46.3 Å². The quantitative estimate of drug-likeness (QED) is 0.0818. The number of amides is 6. The van der Waals surface area contributed by atoms with E-state index >= 15 is 0 Å². The molecule has 1 aromatic heterocycles. The van der Waals surface area contributed by atoms with Gasteiger partial charge in [0, 0.05) is 42.9 Å². The number of carbonyl (C=O) groups excluding carboxylic acids is 6. The van der Waals surface area contributed by atoms with Crippen LogP contribution in [0, 0.1) is 0 Å². The average Bonchev–Trinajstić information content (AvgIpc) is 3.69. The number of aliphatic hydroxyl groups excluding tert-OH is 1. The number of nitrogens with one attached hydrogen (secondary N) is 6. The number of aromatic amines is 1. The third-order valence-corrected chi connectivity index (χ3v) is 11.1. The van der Waals surface area contributed by atoms with E-state index < -0.39 is 78.3 Å². The molecule has 2 heterocycles. The zero-order valence-electron chi connectivity index (χ0n) is 35.3. The largest absolute Gasteiger partial charge is 0.391 e. The van der Waals surface area contributed by atoms with Crippen LogP contribution in [0.5, 0.6) is 0 Å². The molecule has 4 aromatic carbocycles. The number of hydrogen-bond acceptors (Lipinski definition) is 8. The summed E-state index contributed by atoms with van der Waals surface area (Å²) < 4.78 is 0. The smallest absolute Gasteiger partial charge is 0.246 e. The Morgan fingerprint density at radius 2 is 1.13 bits per heavy atom. The number of aliphatic hydroxyl groups is 1. The molecule has 1 saturated heterocycles.